The van der Waals surface area contributed by atoms with Crippen LogP contribution in [0, 0.1) is 5.92 Å². The molecule has 2 unspecified atom stereocenters. The van der Waals surface area contributed by atoms with Crippen molar-refractivity contribution in [1.29, 1.82) is 0 Å². The van der Waals surface area contributed by atoms with Gasteiger partial charge in [0.2, 0.25) is 5.91 Å². The van der Waals surface area contributed by atoms with Gasteiger partial charge < -0.3 is 15.7 Å². The van der Waals surface area contributed by atoms with E-state index in [2.05, 4.69) is 10.6 Å². The van der Waals surface area contributed by atoms with Gasteiger partial charge in [0.1, 0.15) is 6.10 Å². The summed E-state index contributed by atoms with van der Waals surface area (Å²) in [5, 5.41) is 17.0. The van der Waals surface area contributed by atoms with Crippen LogP contribution in [0.5, 0.6) is 0 Å². The predicted molar refractivity (Wildman–Crippen MR) is 90.1 cm³/mol. The van der Waals surface area contributed by atoms with Crippen LogP contribution >= 0.6 is 23.7 Å². The Morgan fingerprint density at radius 1 is 1.33 bits per heavy atom. The molecule has 21 heavy (non-hydrogen) atoms. The molecule has 2 atom stereocenters. The molecule has 116 valence electrons. The molecule has 0 aliphatic carbocycles. The Bertz CT molecular complexity index is 555. The highest BCUT2D eigenvalue weighted by molar-refractivity contribution is 7.19. The molecule has 0 radical (unpaired) electrons. The van der Waals surface area contributed by atoms with Gasteiger partial charge in [0.15, 0.2) is 0 Å². The zero-order valence-electron chi connectivity index (χ0n) is 12.1. The summed E-state index contributed by atoms with van der Waals surface area (Å²) >= 11 is 1.56. The monoisotopic (exact) mass is 328 g/mol. The first-order chi connectivity index (χ1) is 9.61. The predicted octanol–water partition coefficient (Wildman–Crippen LogP) is 2.33. The number of carbonyl (C=O) groups excluding carboxylic acids is 1. The van der Waals surface area contributed by atoms with Crippen molar-refractivity contribution in [2.75, 3.05) is 20.1 Å². The molecule has 2 aromatic rings. The fourth-order valence-corrected chi connectivity index (χ4v) is 3.09. The van der Waals surface area contributed by atoms with Gasteiger partial charge >= 0.3 is 0 Å². The van der Waals surface area contributed by atoms with Gasteiger partial charge in [-0.25, -0.2) is 0 Å². The van der Waals surface area contributed by atoms with Crippen LogP contribution in [0.25, 0.3) is 10.1 Å². The van der Waals surface area contributed by atoms with E-state index in [0.29, 0.717) is 6.54 Å². The number of hydrogen-bond acceptors (Lipinski definition) is 4. The third-order valence-corrected chi connectivity index (χ3v) is 4.42. The number of rotatable bonds is 6. The Kier molecular flexibility index (Phi) is 7.11. The maximum atomic E-state index is 11.8. The van der Waals surface area contributed by atoms with Crippen molar-refractivity contribution in [3.8, 4) is 0 Å². The van der Waals surface area contributed by atoms with Gasteiger partial charge in [-0.05, 0) is 24.6 Å². The fourth-order valence-electron chi connectivity index (χ4n) is 2.04. The Morgan fingerprint density at radius 3 is 2.71 bits per heavy atom. The van der Waals surface area contributed by atoms with E-state index in [1.807, 2.05) is 44.3 Å². The Morgan fingerprint density at radius 2 is 2.05 bits per heavy atom. The number of carbonyl (C=O) groups is 1. The minimum absolute atomic E-state index is 0. The third-order valence-electron chi connectivity index (χ3n) is 3.20. The van der Waals surface area contributed by atoms with Crippen molar-refractivity contribution >= 4 is 39.7 Å². The number of benzene rings is 1. The molecule has 1 amide bonds. The highest BCUT2D eigenvalue weighted by Gasteiger charge is 2.15. The number of amides is 1. The molecule has 1 aromatic carbocycles. The molecule has 6 heteroatoms. The van der Waals surface area contributed by atoms with E-state index >= 15 is 0 Å². The van der Waals surface area contributed by atoms with Crippen molar-refractivity contribution in [3.63, 3.8) is 0 Å². The summed E-state index contributed by atoms with van der Waals surface area (Å²) in [4.78, 5) is 12.7. The third kappa shape index (κ3) is 4.68. The second-order valence-corrected chi connectivity index (χ2v) is 6.02. The fraction of sp³-hybridized carbons (Fsp3) is 0.400. The van der Waals surface area contributed by atoms with Crippen LogP contribution < -0.4 is 10.6 Å². The maximum Gasteiger partial charge on any atom is 0.224 e. The van der Waals surface area contributed by atoms with Crippen LogP contribution in [-0.2, 0) is 4.79 Å². The van der Waals surface area contributed by atoms with E-state index in [1.54, 1.807) is 11.3 Å². The Hall–Kier alpha value is -1.14. The van der Waals surface area contributed by atoms with E-state index in [4.69, 9.17) is 0 Å². The average molecular weight is 329 g/mol. The number of aliphatic hydroxyl groups is 1. The van der Waals surface area contributed by atoms with E-state index in [0.717, 1.165) is 15.0 Å². The van der Waals surface area contributed by atoms with Crippen LogP contribution in [0.2, 0.25) is 0 Å². The zero-order valence-corrected chi connectivity index (χ0v) is 13.8. The lowest BCUT2D eigenvalue weighted by molar-refractivity contribution is -0.124. The van der Waals surface area contributed by atoms with E-state index in [-0.39, 0.29) is 30.8 Å². The van der Waals surface area contributed by atoms with Gasteiger partial charge in [-0.3, -0.25) is 4.79 Å². The van der Waals surface area contributed by atoms with Crippen molar-refractivity contribution in [1.82, 2.24) is 10.6 Å². The minimum Gasteiger partial charge on any atom is -0.386 e. The average Bonchev–Trinajstić information content (AvgIpc) is 2.88. The highest BCUT2D eigenvalue weighted by atomic mass is 35.5. The van der Waals surface area contributed by atoms with Gasteiger partial charge in [0.25, 0.3) is 0 Å². The minimum atomic E-state index is -0.655. The molecule has 0 fully saturated rings. The molecule has 0 bridgehead atoms. The van der Waals surface area contributed by atoms with E-state index < -0.39 is 6.10 Å². The number of thiophene rings is 1. The van der Waals surface area contributed by atoms with Crippen LogP contribution in [0.4, 0.5) is 0 Å². The largest absolute Gasteiger partial charge is 0.386 e. The van der Waals surface area contributed by atoms with Crippen LogP contribution in [-0.4, -0.2) is 31.2 Å². The maximum absolute atomic E-state index is 11.8. The number of hydrogen-bond donors (Lipinski definition) is 3. The summed E-state index contributed by atoms with van der Waals surface area (Å²) in [6.45, 7) is 2.74. The summed E-state index contributed by atoms with van der Waals surface area (Å²) in [7, 11) is 1.82. The lowest BCUT2D eigenvalue weighted by atomic mass is 10.1. The Labute approximate surface area is 135 Å². The summed E-state index contributed by atoms with van der Waals surface area (Å²) < 4.78 is 1.15. The summed E-state index contributed by atoms with van der Waals surface area (Å²) in [6, 6.07) is 10.00. The second kappa shape index (κ2) is 8.34. The van der Waals surface area contributed by atoms with E-state index in [1.165, 1.54) is 0 Å². The first-order valence-corrected chi connectivity index (χ1v) is 7.52. The second-order valence-electron chi connectivity index (χ2n) is 4.91. The molecule has 1 aromatic heterocycles. The number of aliphatic hydroxyl groups excluding tert-OH is 1. The molecule has 0 spiro atoms. The lowest BCUT2D eigenvalue weighted by Gasteiger charge is -2.14. The smallest absolute Gasteiger partial charge is 0.224 e. The molecule has 0 aliphatic rings. The normalized spacial score (nSPS) is 13.5. The standard InChI is InChI=1S/C15H20N2O2S.ClH/c1-10(8-16-2)15(19)17-9-12(18)14-7-11-5-3-4-6-13(11)20-14;/h3-7,10,12,16,18H,8-9H2,1-2H3,(H,17,19);1H. The first-order valence-electron chi connectivity index (χ1n) is 6.70. The van der Waals surface area contributed by atoms with Gasteiger partial charge in [-0.2, -0.15) is 0 Å². The number of nitrogens with one attached hydrogen (secondary N) is 2. The van der Waals surface area contributed by atoms with Crippen molar-refractivity contribution < 1.29 is 9.90 Å². The zero-order chi connectivity index (χ0) is 14.5. The van der Waals surface area contributed by atoms with Crippen LogP contribution in [0.3, 0.4) is 0 Å². The summed E-state index contributed by atoms with van der Waals surface area (Å²) in [5.74, 6) is -0.144. The number of halogens is 1. The molecule has 0 aliphatic heterocycles. The molecule has 1 heterocycles. The molecular weight excluding hydrogens is 308 g/mol. The van der Waals surface area contributed by atoms with Gasteiger partial charge in [0.05, 0.1) is 0 Å². The number of fused-ring (bicyclic) bond motifs is 1. The molecule has 3 N–H and O–H groups in total. The Balaban J connectivity index is 0.00000220. The summed E-state index contributed by atoms with van der Waals surface area (Å²) in [6.07, 6.45) is -0.655. The molecule has 2 rings (SSSR count). The first kappa shape index (κ1) is 17.9. The van der Waals surface area contributed by atoms with Gasteiger partial charge in [0, 0.05) is 28.6 Å². The molecule has 4 nitrogen and oxygen atoms in total. The van der Waals surface area contributed by atoms with Crippen molar-refractivity contribution in [2.24, 2.45) is 5.92 Å². The van der Waals surface area contributed by atoms with E-state index in [9.17, 15) is 9.90 Å². The van der Waals surface area contributed by atoms with Crippen molar-refractivity contribution in [2.45, 2.75) is 13.0 Å². The lowest BCUT2D eigenvalue weighted by Crippen LogP contribution is -2.36. The SMILES string of the molecule is CNCC(C)C(=O)NCC(O)c1cc2ccccc2s1.Cl. The van der Waals surface area contributed by atoms with Crippen LogP contribution in [0.15, 0.2) is 30.3 Å². The molecule has 0 saturated heterocycles. The van der Waals surface area contributed by atoms with Crippen molar-refractivity contribution in [3.05, 3.63) is 35.2 Å². The molecule has 0 saturated carbocycles. The topological polar surface area (TPSA) is 61.4 Å². The van der Waals surface area contributed by atoms with Crippen LogP contribution in [0.1, 0.15) is 17.9 Å². The summed E-state index contributed by atoms with van der Waals surface area (Å²) in [5.41, 5.74) is 0. The highest BCUT2D eigenvalue weighted by Crippen LogP contribution is 2.29. The van der Waals surface area contributed by atoms with Gasteiger partial charge in [-0.15, -0.1) is 23.7 Å². The van der Waals surface area contributed by atoms with Gasteiger partial charge in [-0.1, -0.05) is 25.1 Å². The quantitative estimate of drug-likeness (QED) is 0.762. The molecular formula is C15H21ClN2O2S.